The van der Waals surface area contributed by atoms with E-state index in [2.05, 4.69) is 15.3 Å². The number of amides is 1. The molecular weight excluding hydrogens is 278 g/mol. The Morgan fingerprint density at radius 3 is 3.10 bits per heavy atom. The van der Waals surface area contributed by atoms with Crippen molar-refractivity contribution in [1.29, 1.82) is 0 Å². The molecule has 1 saturated heterocycles. The van der Waals surface area contributed by atoms with E-state index in [9.17, 15) is 4.79 Å². The Hall–Kier alpha value is -1.56. The van der Waals surface area contributed by atoms with E-state index < -0.39 is 0 Å². The molecule has 2 rings (SSSR count). The van der Waals surface area contributed by atoms with Crippen molar-refractivity contribution in [2.75, 3.05) is 30.3 Å². The maximum Gasteiger partial charge on any atom is 0.224 e. The van der Waals surface area contributed by atoms with Crippen LogP contribution in [0.3, 0.4) is 0 Å². The fourth-order valence-electron chi connectivity index (χ4n) is 2.38. The minimum Gasteiger partial charge on any atom is -0.368 e. The summed E-state index contributed by atoms with van der Waals surface area (Å²) in [6, 6.07) is 1.68. The van der Waals surface area contributed by atoms with Crippen LogP contribution in [-0.2, 0) is 4.79 Å². The van der Waals surface area contributed by atoms with Crippen molar-refractivity contribution >= 4 is 29.3 Å². The van der Waals surface area contributed by atoms with E-state index in [1.165, 1.54) is 0 Å². The zero-order valence-electron chi connectivity index (χ0n) is 11.6. The van der Waals surface area contributed by atoms with Crippen LogP contribution >= 0.6 is 11.6 Å². The van der Waals surface area contributed by atoms with E-state index in [4.69, 9.17) is 17.3 Å². The first-order chi connectivity index (χ1) is 9.60. The molecule has 1 fully saturated rings. The number of aromatic nitrogens is 2. The van der Waals surface area contributed by atoms with Gasteiger partial charge in [0.15, 0.2) is 0 Å². The van der Waals surface area contributed by atoms with Crippen LogP contribution < -0.4 is 16.0 Å². The molecule has 0 spiro atoms. The average molecular weight is 298 g/mol. The number of halogens is 1. The molecule has 0 bridgehead atoms. The third-order valence-corrected chi connectivity index (χ3v) is 3.56. The predicted molar refractivity (Wildman–Crippen MR) is 79.7 cm³/mol. The van der Waals surface area contributed by atoms with Crippen LogP contribution in [0.1, 0.15) is 26.2 Å². The van der Waals surface area contributed by atoms with Gasteiger partial charge in [-0.1, -0.05) is 18.5 Å². The molecule has 0 aliphatic carbocycles. The summed E-state index contributed by atoms with van der Waals surface area (Å²) in [5.74, 6) is 0.954. The summed E-state index contributed by atoms with van der Waals surface area (Å²) in [5, 5.41) is 3.27. The molecule has 110 valence electrons. The van der Waals surface area contributed by atoms with Crippen molar-refractivity contribution in [3.8, 4) is 0 Å². The lowest BCUT2D eigenvalue weighted by Crippen LogP contribution is -2.43. The number of nitrogen functional groups attached to an aromatic ring is 1. The summed E-state index contributed by atoms with van der Waals surface area (Å²) in [4.78, 5) is 22.1. The largest absolute Gasteiger partial charge is 0.368 e. The molecule has 1 aromatic heterocycles. The maximum absolute atomic E-state index is 12.0. The summed E-state index contributed by atoms with van der Waals surface area (Å²) in [5.41, 5.74) is 5.61. The second-order valence-corrected chi connectivity index (χ2v) is 5.37. The maximum atomic E-state index is 12.0. The quantitative estimate of drug-likeness (QED) is 0.822. The molecule has 1 aliphatic rings. The van der Waals surface area contributed by atoms with Gasteiger partial charge in [0.05, 0.1) is 5.92 Å². The van der Waals surface area contributed by atoms with Crippen LogP contribution in [0.15, 0.2) is 6.07 Å². The number of hydrogen-bond donors (Lipinski definition) is 2. The van der Waals surface area contributed by atoms with Crippen molar-refractivity contribution in [3.05, 3.63) is 11.2 Å². The zero-order chi connectivity index (χ0) is 14.5. The van der Waals surface area contributed by atoms with E-state index in [1.807, 2.05) is 11.8 Å². The van der Waals surface area contributed by atoms with Crippen molar-refractivity contribution < 1.29 is 4.79 Å². The Kier molecular flexibility index (Phi) is 5.00. The molecule has 3 N–H and O–H groups in total. The number of anilines is 2. The van der Waals surface area contributed by atoms with Gasteiger partial charge in [0, 0.05) is 25.7 Å². The SMILES string of the molecule is CCCNC(=O)C1CCCN(c2cc(Cl)nc(N)n2)C1. The second-order valence-electron chi connectivity index (χ2n) is 4.98. The van der Waals surface area contributed by atoms with E-state index in [0.717, 1.165) is 32.4 Å². The number of nitrogens with two attached hydrogens (primary N) is 1. The number of piperidine rings is 1. The highest BCUT2D eigenvalue weighted by atomic mass is 35.5. The summed E-state index contributed by atoms with van der Waals surface area (Å²) in [6.07, 6.45) is 2.80. The first-order valence-corrected chi connectivity index (χ1v) is 7.30. The van der Waals surface area contributed by atoms with E-state index in [0.29, 0.717) is 17.5 Å². The molecule has 2 heterocycles. The smallest absolute Gasteiger partial charge is 0.224 e. The van der Waals surface area contributed by atoms with Crippen molar-refractivity contribution in [2.24, 2.45) is 5.92 Å². The molecule has 0 radical (unpaired) electrons. The van der Waals surface area contributed by atoms with Gasteiger partial charge in [0.1, 0.15) is 11.0 Å². The molecule has 6 nitrogen and oxygen atoms in total. The normalized spacial score (nSPS) is 18.9. The lowest BCUT2D eigenvalue weighted by atomic mass is 9.97. The number of rotatable bonds is 4. The standard InChI is InChI=1S/C13H20ClN5O/c1-2-5-16-12(20)9-4-3-6-19(8-9)11-7-10(14)17-13(15)18-11/h7,9H,2-6,8H2,1H3,(H,16,20)(H2,15,17,18). The summed E-state index contributed by atoms with van der Waals surface area (Å²) < 4.78 is 0. The van der Waals surface area contributed by atoms with Gasteiger partial charge in [0.2, 0.25) is 11.9 Å². The van der Waals surface area contributed by atoms with Crippen LogP contribution in [0, 0.1) is 5.92 Å². The van der Waals surface area contributed by atoms with Gasteiger partial charge in [0.25, 0.3) is 0 Å². The minimum absolute atomic E-state index is 0.00901. The number of carbonyl (C=O) groups is 1. The van der Waals surface area contributed by atoms with Crippen LogP contribution in [-0.4, -0.2) is 35.5 Å². The molecule has 1 aliphatic heterocycles. The zero-order valence-corrected chi connectivity index (χ0v) is 12.4. The van der Waals surface area contributed by atoms with Crippen LogP contribution in [0.2, 0.25) is 5.15 Å². The number of nitrogens with zero attached hydrogens (tertiary/aromatic N) is 3. The molecule has 1 unspecified atom stereocenters. The molecule has 1 amide bonds. The van der Waals surface area contributed by atoms with Gasteiger partial charge in [-0.05, 0) is 19.3 Å². The van der Waals surface area contributed by atoms with Crippen molar-refractivity contribution in [1.82, 2.24) is 15.3 Å². The molecular formula is C13H20ClN5O. The molecule has 20 heavy (non-hydrogen) atoms. The molecule has 1 atom stereocenters. The van der Waals surface area contributed by atoms with E-state index >= 15 is 0 Å². The first kappa shape index (κ1) is 14.8. The van der Waals surface area contributed by atoms with Crippen molar-refractivity contribution in [2.45, 2.75) is 26.2 Å². The topological polar surface area (TPSA) is 84.1 Å². The van der Waals surface area contributed by atoms with Gasteiger partial charge >= 0.3 is 0 Å². The van der Waals surface area contributed by atoms with Gasteiger partial charge in [-0.3, -0.25) is 4.79 Å². The second kappa shape index (κ2) is 6.74. The van der Waals surface area contributed by atoms with Gasteiger partial charge in [-0.2, -0.15) is 4.98 Å². The molecule has 0 saturated carbocycles. The van der Waals surface area contributed by atoms with Gasteiger partial charge < -0.3 is 16.0 Å². The molecule has 0 aromatic carbocycles. The Balaban J connectivity index is 2.04. The lowest BCUT2D eigenvalue weighted by molar-refractivity contribution is -0.125. The average Bonchev–Trinajstić information content (AvgIpc) is 2.44. The third kappa shape index (κ3) is 3.72. The fraction of sp³-hybridized carbons (Fsp3) is 0.615. The van der Waals surface area contributed by atoms with Crippen molar-refractivity contribution in [3.63, 3.8) is 0 Å². The Morgan fingerprint density at radius 1 is 1.60 bits per heavy atom. The molecule has 1 aromatic rings. The number of carbonyl (C=O) groups excluding carboxylic acids is 1. The number of hydrogen-bond acceptors (Lipinski definition) is 5. The summed E-state index contributed by atoms with van der Waals surface area (Å²) in [6.45, 7) is 4.26. The van der Waals surface area contributed by atoms with E-state index in [-0.39, 0.29) is 17.8 Å². The highest BCUT2D eigenvalue weighted by Gasteiger charge is 2.26. The Labute approximate surface area is 123 Å². The van der Waals surface area contributed by atoms with E-state index in [1.54, 1.807) is 6.07 Å². The van der Waals surface area contributed by atoms with Crippen LogP contribution in [0.25, 0.3) is 0 Å². The molecule has 7 heteroatoms. The highest BCUT2D eigenvalue weighted by molar-refractivity contribution is 6.29. The first-order valence-electron chi connectivity index (χ1n) is 6.93. The monoisotopic (exact) mass is 297 g/mol. The fourth-order valence-corrected chi connectivity index (χ4v) is 2.56. The van der Waals surface area contributed by atoms with Crippen LogP contribution in [0.4, 0.5) is 11.8 Å². The number of nitrogens with one attached hydrogen (secondary N) is 1. The predicted octanol–water partition coefficient (Wildman–Crippen LogP) is 1.45. The Bertz CT molecular complexity index is 462. The van der Waals surface area contributed by atoms with Gasteiger partial charge in [-0.15, -0.1) is 0 Å². The van der Waals surface area contributed by atoms with Crippen LogP contribution in [0.5, 0.6) is 0 Å². The Morgan fingerprint density at radius 2 is 2.40 bits per heavy atom. The summed E-state index contributed by atoms with van der Waals surface area (Å²) in [7, 11) is 0. The minimum atomic E-state index is -0.00901. The summed E-state index contributed by atoms with van der Waals surface area (Å²) >= 11 is 5.90. The lowest BCUT2D eigenvalue weighted by Gasteiger charge is -2.32. The third-order valence-electron chi connectivity index (χ3n) is 3.36. The highest BCUT2D eigenvalue weighted by Crippen LogP contribution is 2.24. The van der Waals surface area contributed by atoms with Gasteiger partial charge in [-0.25, -0.2) is 4.98 Å².